The van der Waals surface area contributed by atoms with Gasteiger partial charge in [-0.2, -0.15) is 0 Å². The molecule has 1 unspecified atom stereocenters. The Kier molecular flexibility index (Phi) is 3.55. The SMILES string of the molecule is O=S(=O)(NCc1cn(CC2CCCO2)nn1)C1CC1. The van der Waals surface area contributed by atoms with Crippen LogP contribution in [0.15, 0.2) is 6.20 Å². The molecule has 8 heteroatoms. The summed E-state index contributed by atoms with van der Waals surface area (Å²) in [6, 6.07) is 0. The summed E-state index contributed by atoms with van der Waals surface area (Å²) in [5.74, 6) is 0. The van der Waals surface area contributed by atoms with Gasteiger partial charge in [-0.15, -0.1) is 5.10 Å². The van der Waals surface area contributed by atoms with Crippen molar-refractivity contribution in [2.75, 3.05) is 6.61 Å². The van der Waals surface area contributed by atoms with Crippen molar-refractivity contribution in [3.8, 4) is 0 Å². The Morgan fingerprint density at radius 1 is 1.42 bits per heavy atom. The number of sulfonamides is 1. The third-order valence-electron chi connectivity index (χ3n) is 3.42. The van der Waals surface area contributed by atoms with Gasteiger partial charge >= 0.3 is 0 Å². The lowest BCUT2D eigenvalue weighted by Crippen LogP contribution is -2.26. The molecule has 0 bridgehead atoms. The fourth-order valence-corrected chi connectivity index (χ4v) is 3.52. The molecule has 1 aromatic rings. The van der Waals surface area contributed by atoms with Gasteiger partial charge in [0, 0.05) is 12.8 Å². The monoisotopic (exact) mass is 286 g/mol. The van der Waals surface area contributed by atoms with E-state index < -0.39 is 10.0 Å². The van der Waals surface area contributed by atoms with E-state index >= 15 is 0 Å². The standard InChI is InChI=1S/C11H18N4O3S/c16-19(17,11-3-4-11)12-6-9-7-15(14-13-9)8-10-2-1-5-18-10/h7,10-12H,1-6,8H2. The first-order valence-electron chi connectivity index (χ1n) is 6.62. The van der Waals surface area contributed by atoms with E-state index in [2.05, 4.69) is 15.0 Å². The molecule has 1 aliphatic heterocycles. The fourth-order valence-electron chi connectivity index (χ4n) is 2.18. The number of hydrogen-bond donors (Lipinski definition) is 1. The van der Waals surface area contributed by atoms with Crippen LogP contribution in [0.5, 0.6) is 0 Å². The molecule has 2 aliphatic rings. The summed E-state index contributed by atoms with van der Waals surface area (Å²) < 4.78 is 33.1. The number of hydrogen-bond acceptors (Lipinski definition) is 5. The quantitative estimate of drug-likeness (QED) is 0.798. The zero-order chi connectivity index (χ0) is 13.3. The van der Waals surface area contributed by atoms with Crippen molar-refractivity contribution in [3.05, 3.63) is 11.9 Å². The molecule has 2 fully saturated rings. The molecule has 1 saturated heterocycles. The Labute approximate surface area is 112 Å². The lowest BCUT2D eigenvalue weighted by molar-refractivity contribution is 0.0935. The average molecular weight is 286 g/mol. The highest BCUT2D eigenvalue weighted by Crippen LogP contribution is 2.27. The molecule has 0 spiro atoms. The third kappa shape index (κ3) is 3.31. The molecule has 1 aliphatic carbocycles. The molecular weight excluding hydrogens is 268 g/mol. The predicted molar refractivity (Wildman–Crippen MR) is 67.8 cm³/mol. The van der Waals surface area contributed by atoms with Crippen molar-refractivity contribution in [2.24, 2.45) is 0 Å². The van der Waals surface area contributed by atoms with Gasteiger partial charge in [0.2, 0.25) is 10.0 Å². The van der Waals surface area contributed by atoms with Crippen LogP contribution in [-0.2, 0) is 27.8 Å². The summed E-state index contributed by atoms with van der Waals surface area (Å²) in [6.07, 6.45) is 5.65. The Morgan fingerprint density at radius 3 is 2.95 bits per heavy atom. The Morgan fingerprint density at radius 2 is 2.26 bits per heavy atom. The summed E-state index contributed by atoms with van der Waals surface area (Å²) >= 11 is 0. The summed E-state index contributed by atoms with van der Waals surface area (Å²) in [7, 11) is -3.15. The van der Waals surface area contributed by atoms with Crippen molar-refractivity contribution >= 4 is 10.0 Å². The number of ether oxygens (including phenoxy) is 1. The van der Waals surface area contributed by atoms with Crippen molar-refractivity contribution in [2.45, 2.75) is 50.1 Å². The van der Waals surface area contributed by atoms with Gasteiger partial charge in [0.05, 0.1) is 30.1 Å². The van der Waals surface area contributed by atoms with Gasteiger partial charge in [-0.3, -0.25) is 0 Å². The fraction of sp³-hybridized carbons (Fsp3) is 0.818. The first kappa shape index (κ1) is 13.0. The lowest BCUT2D eigenvalue weighted by atomic mass is 10.2. The van der Waals surface area contributed by atoms with E-state index in [4.69, 9.17) is 4.74 Å². The van der Waals surface area contributed by atoms with E-state index in [0.29, 0.717) is 12.2 Å². The van der Waals surface area contributed by atoms with Crippen LogP contribution in [0.1, 0.15) is 31.4 Å². The Bertz CT molecular complexity index is 532. The number of nitrogens with one attached hydrogen (secondary N) is 1. The van der Waals surface area contributed by atoms with Gasteiger partial charge in [0.1, 0.15) is 0 Å². The molecule has 1 atom stereocenters. The number of rotatable bonds is 6. The molecule has 7 nitrogen and oxygen atoms in total. The molecule has 1 N–H and O–H groups in total. The summed E-state index contributed by atoms with van der Waals surface area (Å²) in [4.78, 5) is 0. The summed E-state index contributed by atoms with van der Waals surface area (Å²) in [5, 5.41) is 7.76. The first-order chi connectivity index (χ1) is 9.13. The molecular formula is C11H18N4O3S. The highest BCUT2D eigenvalue weighted by atomic mass is 32.2. The highest BCUT2D eigenvalue weighted by Gasteiger charge is 2.35. The molecule has 1 saturated carbocycles. The van der Waals surface area contributed by atoms with E-state index in [9.17, 15) is 8.42 Å². The maximum atomic E-state index is 11.7. The highest BCUT2D eigenvalue weighted by molar-refractivity contribution is 7.90. The van der Waals surface area contributed by atoms with Crippen LogP contribution in [0.4, 0.5) is 0 Å². The zero-order valence-electron chi connectivity index (χ0n) is 10.7. The molecule has 19 heavy (non-hydrogen) atoms. The topological polar surface area (TPSA) is 86.1 Å². The van der Waals surface area contributed by atoms with Crippen LogP contribution in [0.3, 0.4) is 0 Å². The van der Waals surface area contributed by atoms with Gasteiger partial charge in [-0.05, 0) is 25.7 Å². The normalized spacial score (nSPS) is 23.9. The minimum absolute atomic E-state index is 0.200. The van der Waals surface area contributed by atoms with Crippen LogP contribution >= 0.6 is 0 Å². The van der Waals surface area contributed by atoms with Crippen LogP contribution in [0, 0.1) is 0 Å². The van der Waals surface area contributed by atoms with Crippen molar-refractivity contribution in [1.82, 2.24) is 19.7 Å². The molecule has 0 radical (unpaired) electrons. The van der Waals surface area contributed by atoms with Crippen molar-refractivity contribution in [3.63, 3.8) is 0 Å². The summed E-state index contributed by atoms with van der Waals surface area (Å²) in [6.45, 7) is 1.71. The third-order valence-corrected chi connectivity index (χ3v) is 5.31. The largest absolute Gasteiger partial charge is 0.376 e. The predicted octanol–water partition coefficient (Wildman–Crippen LogP) is 0.0389. The molecule has 1 aromatic heterocycles. The van der Waals surface area contributed by atoms with Crippen LogP contribution < -0.4 is 4.72 Å². The molecule has 0 amide bonds. The minimum atomic E-state index is -3.15. The Hall–Kier alpha value is -0.990. The maximum absolute atomic E-state index is 11.7. The number of nitrogens with zero attached hydrogens (tertiary/aromatic N) is 3. The smallest absolute Gasteiger partial charge is 0.214 e. The van der Waals surface area contributed by atoms with Gasteiger partial charge < -0.3 is 4.74 Å². The molecule has 106 valence electrons. The minimum Gasteiger partial charge on any atom is -0.376 e. The van der Waals surface area contributed by atoms with E-state index in [1.807, 2.05) is 0 Å². The molecule has 0 aromatic carbocycles. The van der Waals surface area contributed by atoms with Crippen LogP contribution in [0.2, 0.25) is 0 Å². The van der Waals surface area contributed by atoms with Crippen molar-refractivity contribution in [1.29, 1.82) is 0 Å². The van der Waals surface area contributed by atoms with Gasteiger partial charge in [-0.1, -0.05) is 5.21 Å². The van der Waals surface area contributed by atoms with E-state index in [1.165, 1.54) is 0 Å². The van der Waals surface area contributed by atoms with Crippen LogP contribution in [-0.4, -0.2) is 41.4 Å². The van der Waals surface area contributed by atoms with Gasteiger partial charge in [-0.25, -0.2) is 17.8 Å². The van der Waals surface area contributed by atoms with Gasteiger partial charge in [0.15, 0.2) is 0 Å². The zero-order valence-corrected chi connectivity index (χ0v) is 11.5. The van der Waals surface area contributed by atoms with E-state index in [1.54, 1.807) is 10.9 Å². The second-order valence-electron chi connectivity index (χ2n) is 5.13. The Balaban J connectivity index is 1.52. The second-order valence-corrected chi connectivity index (χ2v) is 7.18. The molecule has 3 rings (SSSR count). The van der Waals surface area contributed by atoms with E-state index in [0.717, 1.165) is 32.3 Å². The second kappa shape index (κ2) is 5.18. The summed E-state index contributed by atoms with van der Waals surface area (Å²) in [5.41, 5.74) is 0.641. The van der Waals surface area contributed by atoms with E-state index in [-0.39, 0.29) is 17.9 Å². The molecule has 2 heterocycles. The average Bonchev–Trinajstić information content (AvgIpc) is 2.96. The van der Waals surface area contributed by atoms with Crippen LogP contribution in [0.25, 0.3) is 0 Å². The van der Waals surface area contributed by atoms with Gasteiger partial charge in [0.25, 0.3) is 0 Å². The lowest BCUT2D eigenvalue weighted by Gasteiger charge is -2.07. The maximum Gasteiger partial charge on any atom is 0.214 e. The number of aromatic nitrogens is 3. The first-order valence-corrected chi connectivity index (χ1v) is 8.17. The van der Waals surface area contributed by atoms with Crippen molar-refractivity contribution < 1.29 is 13.2 Å².